The van der Waals surface area contributed by atoms with Gasteiger partial charge in [0.25, 0.3) is 0 Å². The van der Waals surface area contributed by atoms with Gasteiger partial charge in [0, 0.05) is 76.2 Å². The van der Waals surface area contributed by atoms with Gasteiger partial charge in [0.1, 0.15) is 11.2 Å². The average Bonchev–Trinajstić information content (AvgIpc) is 4.02. The Morgan fingerprint density at radius 3 is 2.25 bits per heavy atom. The predicted molar refractivity (Wildman–Crippen MR) is 255 cm³/mol. The zero-order valence-corrected chi connectivity index (χ0v) is 34.8. The molecule has 2 aliphatic heterocycles. The van der Waals surface area contributed by atoms with Crippen LogP contribution in [0.3, 0.4) is 0 Å². The summed E-state index contributed by atoms with van der Waals surface area (Å²) in [4.78, 5) is 11.1. The third-order valence-electron chi connectivity index (χ3n) is 13.2. The molecule has 0 radical (unpaired) electrons. The topological polar surface area (TPSA) is 35.1 Å². The van der Waals surface area contributed by atoms with E-state index in [2.05, 4.69) is 181 Å². The Kier molecular flexibility index (Phi) is 7.32. The van der Waals surface area contributed by atoms with Gasteiger partial charge in [0.05, 0.1) is 22.2 Å². The van der Waals surface area contributed by atoms with E-state index in [1.807, 2.05) is 35.4 Å². The maximum absolute atomic E-state index is 4.89. The lowest BCUT2D eigenvalue weighted by atomic mass is 9.74. The smallest absolute Gasteiger partial charge is 0.114 e. The van der Waals surface area contributed by atoms with Gasteiger partial charge < -0.3 is 9.13 Å². The molecule has 6 heteroatoms. The maximum Gasteiger partial charge on any atom is 0.114 e. The summed E-state index contributed by atoms with van der Waals surface area (Å²) in [5.41, 5.74) is 15.2. The van der Waals surface area contributed by atoms with Crippen molar-refractivity contribution in [2.45, 2.75) is 41.7 Å². The molecule has 6 heterocycles. The Bertz CT molecular complexity index is 3500. The van der Waals surface area contributed by atoms with E-state index in [1.165, 1.54) is 86.1 Å². The Hall–Kier alpha value is -6.47. The van der Waals surface area contributed by atoms with Crippen LogP contribution in [0.15, 0.2) is 174 Å². The fraction of sp³-hybridized carbons (Fsp3) is 0.111. The lowest BCUT2D eigenvalue weighted by molar-refractivity contribution is 0.621. The van der Waals surface area contributed by atoms with E-state index in [4.69, 9.17) is 9.98 Å². The standard InChI is InChI=1S/C54H38N4S2/c1-32-23-25-56-52-51-46(15-9-24-55-51)58(53(32)52)37-19-21-49-43(30-37)54(2)31-34(18-22-50(54)60-49)36-26-35(33-17-20-48-42(29-33)41-12-5-8-16-47(41)59-48)27-38(28-36)57-44-13-6-3-10-39(44)40-11-4-7-14-45(40)57/h3-22,24-32,50H,23H2,1-2H3. The van der Waals surface area contributed by atoms with Crippen LogP contribution >= 0.6 is 23.1 Å². The number of hydrogen-bond acceptors (Lipinski definition) is 4. The average molecular weight is 807 g/mol. The first-order valence-electron chi connectivity index (χ1n) is 20.8. The molecule has 0 saturated carbocycles. The fourth-order valence-corrected chi connectivity index (χ4v) is 12.8. The highest BCUT2D eigenvalue weighted by atomic mass is 32.2. The number of para-hydroxylation sites is 2. The second-order valence-corrected chi connectivity index (χ2v) is 19.1. The maximum atomic E-state index is 4.89. The van der Waals surface area contributed by atoms with Gasteiger partial charge in [-0.25, -0.2) is 0 Å². The van der Waals surface area contributed by atoms with Gasteiger partial charge in [0.2, 0.25) is 0 Å². The third kappa shape index (κ3) is 4.92. The number of allylic oxidation sites excluding steroid dienone is 3. The van der Waals surface area contributed by atoms with Crippen molar-refractivity contribution < 1.29 is 0 Å². The van der Waals surface area contributed by atoms with Crippen molar-refractivity contribution in [2.75, 3.05) is 0 Å². The molecule has 6 aromatic carbocycles. The summed E-state index contributed by atoms with van der Waals surface area (Å²) in [5.74, 6) is 0.344. The highest BCUT2D eigenvalue weighted by Gasteiger charge is 2.43. The zero-order chi connectivity index (χ0) is 39.7. The summed E-state index contributed by atoms with van der Waals surface area (Å²) in [6.45, 7) is 4.75. The lowest BCUT2D eigenvalue weighted by Crippen LogP contribution is -2.29. The first-order valence-corrected chi connectivity index (χ1v) is 22.5. The Morgan fingerprint density at radius 1 is 0.650 bits per heavy atom. The highest BCUT2D eigenvalue weighted by molar-refractivity contribution is 8.00. The number of benzene rings is 6. The van der Waals surface area contributed by atoms with Crippen LogP contribution in [0, 0.1) is 0 Å². The quantitative estimate of drug-likeness (QED) is 0.178. The van der Waals surface area contributed by atoms with E-state index in [1.54, 1.807) is 0 Å². The summed E-state index contributed by atoms with van der Waals surface area (Å²) in [6.07, 6.45) is 12.2. The van der Waals surface area contributed by atoms with Crippen LogP contribution in [-0.2, 0) is 5.41 Å². The minimum atomic E-state index is -0.220. The van der Waals surface area contributed by atoms with Crippen molar-refractivity contribution in [3.63, 3.8) is 0 Å². The molecule has 1 aliphatic carbocycles. The van der Waals surface area contributed by atoms with Crippen LogP contribution in [-0.4, -0.2) is 25.6 Å². The zero-order valence-electron chi connectivity index (χ0n) is 33.1. The second kappa shape index (κ2) is 12.8. The molecule has 3 atom stereocenters. The van der Waals surface area contributed by atoms with Crippen LogP contribution in [0.5, 0.6) is 0 Å². The molecule has 10 aromatic rings. The number of aliphatic imine (C=N–C) groups is 1. The van der Waals surface area contributed by atoms with Crippen LogP contribution in [0.4, 0.5) is 5.69 Å². The number of rotatable bonds is 4. The van der Waals surface area contributed by atoms with Gasteiger partial charge >= 0.3 is 0 Å². The van der Waals surface area contributed by atoms with E-state index in [0.29, 0.717) is 11.2 Å². The molecule has 0 fully saturated rings. The van der Waals surface area contributed by atoms with Crippen LogP contribution in [0.25, 0.3) is 81.1 Å². The van der Waals surface area contributed by atoms with Crippen molar-refractivity contribution in [3.05, 3.63) is 181 Å². The Balaban J connectivity index is 1.00. The van der Waals surface area contributed by atoms with Crippen molar-refractivity contribution in [2.24, 2.45) is 4.99 Å². The number of nitrogens with zero attached hydrogens (tertiary/aromatic N) is 4. The fourth-order valence-electron chi connectivity index (χ4n) is 10.3. The molecular formula is C54H38N4S2. The summed E-state index contributed by atoms with van der Waals surface area (Å²) in [6, 6.07) is 52.0. The van der Waals surface area contributed by atoms with Crippen molar-refractivity contribution in [3.8, 4) is 22.5 Å². The first kappa shape index (κ1) is 34.4. The number of pyridine rings is 1. The van der Waals surface area contributed by atoms with Crippen LogP contribution in [0.2, 0.25) is 0 Å². The van der Waals surface area contributed by atoms with E-state index < -0.39 is 0 Å². The number of aromatic nitrogens is 3. The first-order chi connectivity index (χ1) is 29.5. The molecule has 4 aromatic heterocycles. The molecule has 0 bridgehead atoms. The second-order valence-electron chi connectivity index (χ2n) is 16.8. The Morgan fingerprint density at radius 2 is 1.40 bits per heavy atom. The van der Waals surface area contributed by atoms with E-state index >= 15 is 0 Å². The number of thioether (sulfide) groups is 1. The summed E-state index contributed by atoms with van der Waals surface area (Å²) < 4.78 is 7.54. The normalized spacial score (nSPS) is 19.4. The molecule has 4 nitrogen and oxygen atoms in total. The molecular weight excluding hydrogens is 769 g/mol. The SMILES string of the molecule is CC1CC=Nc2c1n(-c1ccc3c(c1)C1(C)C=C(c4cc(-c5ccc6sc7ccccc7c6c5)cc(-n5c6ccccc6c6ccccc65)c4)C=CC1S3)c1cccnc21. The van der Waals surface area contributed by atoms with Crippen molar-refractivity contribution in [1.82, 2.24) is 14.1 Å². The van der Waals surface area contributed by atoms with Crippen LogP contribution in [0.1, 0.15) is 43.0 Å². The molecule has 0 saturated heterocycles. The number of hydrogen-bond donors (Lipinski definition) is 0. The summed E-state index contributed by atoms with van der Waals surface area (Å²) in [7, 11) is 0. The monoisotopic (exact) mass is 806 g/mol. The van der Waals surface area contributed by atoms with E-state index in [-0.39, 0.29) is 5.41 Å². The third-order valence-corrected chi connectivity index (χ3v) is 15.9. The minimum Gasteiger partial charge on any atom is -0.309 e. The summed E-state index contributed by atoms with van der Waals surface area (Å²) >= 11 is 3.85. The van der Waals surface area contributed by atoms with E-state index in [9.17, 15) is 0 Å². The van der Waals surface area contributed by atoms with Gasteiger partial charge in [-0.2, -0.15) is 0 Å². The molecule has 13 rings (SSSR count). The number of thiophene rings is 1. The van der Waals surface area contributed by atoms with Gasteiger partial charge in [-0.1, -0.05) is 92.7 Å². The highest BCUT2D eigenvalue weighted by Crippen LogP contribution is 2.55. The largest absolute Gasteiger partial charge is 0.309 e. The molecule has 3 aliphatic rings. The van der Waals surface area contributed by atoms with Crippen LogP contribution < -0.4 is 0 Å². The van der Waals surface area contributed by atoms with Gasteiger partial charge in [-0.05, 0) is 113 Å². The number of fused-ring (bicyclic) bond motifs is 12. The molecule has 0 amide bonds. The molecule has 0 spiro atoms. The minimum absolute atomic E-state index is 0.220. The van der Waals surface area contributed by atoms with Crippen molar-refractivity contribution >= 4 is 93.6 Å². The van der Waals surface area contributed by atoms with Gasteiger partial charge in [-0.15, -0.1) is 23.1 Å². The molecule has 286 valence electrons. The molecule has 60 heavy (non-hydrogen) atoms. The van der Waals surface area contributed by atoms with Crippen molar-refractivity contribution in [1.29, 1.82) is 0 Å². The molecule has 0 N–H and O–H groups in total. The predicted octanol–water partition coefficient (Wildman–Crippen LogP) is 14.8. The molecule has 3 unspecified atom stereocenters. The Labute approximate surface area is 355 Å². The lowest BCUT2D eigenvalue weighted by Gasteiger charge is -2.31. The van der Waals surface area contributed by atoms with E-state index in [0.717, 1.165) is 28.8 Å². The van der Waals surface area contributed by atoms with Gasteiger partial charge in [-0.3, -0.25) is 9.98 Å². The van der Waals surface area contributed by atoms with Gasteiger partial charge in [0.15, 0.2) is 0 Å². The summed E-state index contributed by atoms with van der Waals surface area (Å²) in [5, 5.41) is 5.46.